The number of carboxylic acids is 1. The van der Waals surface area contributed by atoms with Gasteiger partial charge in [-0.1, -0.05) is 17.3 Å². The first-order valence-corrected chi connectivity index (χ1v) is 7.46. The van der Waals surface area contributed by atoms with E-state index in [-0.39, 0.29) is 17.2 Å². The fourth-order valence-electron chi connectivity index (χ4n) is 2.75. The Labute approximate surface area is 140 Å². The number of hydrogen-bond donors (Lipinski definition) is 1. The van der Waals surface area contributed by atoms with E-state index in [0.717, 1.165) is 0 Å². The van der Waals surface area contributed by atoms with Crippen molar-refractivity contribution in [1.29, 1.82) is 0 Å². The van der Waals surface area contributed by atoms with Crippen molar-refractivity contribution in [3.8, 4) is 11.5 Å². The molecule has 124 valence electrons. The Kier molecular flexibility index (Phi) is 3.31. The Balaban J connectivity index is 1.98. The fraction of sp³-hybridized carbons (Fsp3) is 0.0588. The smallest absolute Gasteiger partial charge is 0.341 e. The van der Waals surface area contributed by atoms with Crippen LogP contribution < -0.4 is 0 Å². The van der Waals surface area contributed by atoms with E-state index in [4.69, 9.17) is 0 Å². The Morgan fingerprint density at radius 3 is 2.52 bits per heavy atom. The van der Waals surface area contributed by atoms with Crippen molar-refractivity contribution in [1.82, 2.24) is 24.8 Å². The predicted molar refractivity (Wildman–Crippen MR) is 87.6 cm³/mol. The summed E-state index contributed by atoms with van der Waals surface area (Å²) in [6, 6.07) is 12.8. The quantitative estimate of drug-likeness (QED) is 0.621. The topological polar surface area (TPSA) is 85.8 Å². The molecule has 0 fully saturated rings. The molecule has 1 N–H and O–H groups in total. The lowest BCUT2D eigenvalue weighted by molar-refractivity contribution is 0.0696. The minimum absolute atomic E-state index is 0.0139. The summed E-state index contributed by atoms with van der Waals surface area (Å²) in [4.78, 5) is 11.8. The summed E-state index contributed by atoms with van der Waals surface area (Å²) in [5, 5.41) is 22.1. The minimum Gasteiger partial charge on any atom is -0.477 e. The molecule has 0 aliphatic rings. The molecule has 2 aromatic carbocycles. The Bertz CT molecular complexity index is 1100. The highest BCUT2D eigenvalue weighted by molar-refractivity contribution is 5.93. The largest absolute Gasteiger partial charge is 0.477 e. The Morgan fingerprint density at radius 1 is 1.08 bits per heavy atom. The molecule has 2 aromatic heterocycles. The number of carbonyl (C=O) groups is 1. The van der Waals surface area contributed by atoms with Gasteiger partial charge in [-0.05, 0) is 43.3 Å². The summed E-state index contributed by atoms with van der Waals surface area (Å²) in [5.74, 6) is -1.35. The van der Waals surface area contributed by atoms with Gasteiger partial charge in [-0.25, -0.2) is 13.9 Å². The van der Waals surface area contributed by atoms with E-state index in [1.165, 1.54) is 33.6 Å². The van der Waals surface area contributed by atoms with E-state index in [1.807, 2.05) is 12.1 Å². The standard InChI is InChI=1S/C17H12FN5O2/c1-10-15(17(24)25)16(20-22(10)12-8-6-11(18)7-9-12)23-14-5-3-2-4-13(14)19-21-23/h2-9H,1H3,(H,24,25). The maximum Gasteiger partial charge on any atom is 0.341 e. The van der Waals surface area contributed by atoms with Gasteiger partial charge < -0.3 is 5.11 Å². The number of aromatic carboxylic acids is 1. The lowest BCUT2D eigenvalue weighted by Crippen LogP contribution is -2.06. The van der Waals surface area contributed by atoms with Crippen LogP contribution in [0.4, 0.5) is 4.39 Å². The average molecular weight is 337 g/mol. The zero-order valence-corrected chi connectivity index (χ0v) is 13.1. The number of rotatable bonds is 3. The fourth-order valence-corrected chi connectivity index (χ4v) is 2.75. The molecule has 0 aliphatic carbocycles. The molecule has 0 saturated heterocycles. The van der Waals surface area contributed by atoms with Crippen molar-refractivity contribution in [2.24, 2.45) is 0 Å². The first-order valence-electron chi connectivity index (χ1n) is 7.46. The third-order valence-corrected chi connectivity index (χ3v) is 3.94. The third-order valence-electron chi connectivity index (χ3n) is 3.94. The van der Waals surface area contributed by atoms with Gasteiger partial charge in [0.15, 0.2) is 5.82 Å². The molecule has 0 spiro atoms. The number of halogens is 1. The molecule has 0 amide bonds. The van der Waals surface area contributed by atoms with Gasteiger partial charge in [-0.3, -0.25) is 0 Å². The van der Waals surface area contributed by atoms with Crippen LogP contribution in [-0.2, 0) is 0 Å². The van der Waals surface area contributed by atoms with Crippen LogP contribution in [0.3, 0.4) is 0 Å². The average Bonchev–Trinajstić information content (AvgIpc) is 3.16. The van der Waals surface area contributed by atoms with Crippen LogP contribution in [0.5, 0.6) is 0 Å². The van der Waals surface area contributed by atoms with Crippen molar-refractivity contribution < 1.29 is 14.3 Å². The first-order chi connectivity index (χ1) is 12.1. The minimum atomic E-state index is -1.12. The zero-order chi connectivity index (χ0) is 17.6. The number of carboxylic acid groups (broad SMARTS) is 1. The Hall–Kier alpha value is -3.55. The molecule has 0 aliphatic heterocycles. The number of benzene rings is 2. The SMILES string of the molecule is Cc1c(C(=O)O)c(-n2nnc3ccccc32)nn1-c1ccc(F)cc1. The third kappa shape index (κ3) is 2.35. The van der Waals surface area contributed by atoms with Crippen LogP contribution in [0, 0.1) is 12.7 Å². The van der Waals surface area contributed by atoms with E-state index in [9.17, 15) is 14.3 Å². The molecule has 4 aromatic rings. The van der Waals surface area contributed by atoms with Gasteiger partial charge in [-0.15, -0.1) is 10.2 Å². The highest BCUT2D eigenvalue weighted by Gasteiger charge is 2.24. The van der Waals surface area contributed by atoms with E-state index in [1.54, 1.807) is 19.1 Å². The molecule has 0 saturated carbocycles. The number of hydrogen-bond acceptors (Lipinski definition) is 4. The molecule has 8 heteroatoms. The van der Waals surface area contributed by atoms with Crippen LogP contribution in [0.2, 0.25) is 0 Å². The highest BCUT2D eigenvalue weighted by Crippen LogP contribution is 2.24. The summed E-state index contributed by atoms with van der Waals surface area (Å²) in [7, 11) is 0. The molecule has 0 unspecified atom stereocenters. The van der Waals surface area contributed by atoms with Crippen molar-refractivity contribution in [3.05, 3.63) is 65.6 Å². The lowest BCUT2D eigenvalue weighted by Gasteiger charge is -2.03. The normalized spacial score (nSPS) is 11.1. The Morgan fingerprint density at radius 2 is 1.80 bits per heavy atom. The first kappa shape index (κ1) is 15.0. The zero-order valence-electron chi connectivity index (χ0n) is 13.1. The number of aromatic nitrogens is 5. The molecule has 0 atom stereocenters. The van der Waals surface area contributed by atoms with Gasteiger partial charge in [0, 0.05) is 0 Å². The summed E-state index contributed by atoms with van der Waals surface area (Å²) in [5.41, 5.74) is 2.26. The van der Waals surface area contributed by atoms with Gasteiger partial charge in [-0.2, -0.15) is 4.68 Å². The van der Waals surface area contributed by atoms with Crippen LogP contribution in [0.15, 0.2) is 48.5 Å². The van der Waals surface area contributed by atoms with Gasteiger partial charge in [0.2, 0.25) is 0 Å². The van der Waals surface area contributed by atoms with Crippen LogP contribution in [-0.4, -0.2) is 35.9 Å². The molecule has 0 radical (unpaired) electrons. The van der Waals surface area contributed by atoms with Crippen molar-refractivity contribution in [2.45, 2.75) is 6.92 Å². The van der Waals surface area contributed by atoms with E-state index < -0.39 is 5.97 Å². The summed E-state index contributed by atoms with van der Waals surface area (Å²) < 4.78 is 16.0. The maximum absolute atomic E-state index is 13.2. The molecule has 25 heavy (non-hydrogen) atoms. The van der Waals surface area contributed by atoms with Crippen LogP contribution in [0.25, 0.3) is 22.5 Å². The molecule has 0 bridgehead atoms. The van der Waals surface area contributed by atoms with E-state index in [2.05, 4.69) is 15.4 Å². The molecular formula is C17H12FN5O2. The van der Waals surface area contributed by atoms with Crippen molar-refractivity contribution in [2.75, 3.05) is 0 Å². The van der Waals surface area contributed by atoms with Gasteiger partial charge in [0.25, 0.3) is 0 Å². The predicted octanol–water partition coefficient (Wildman–Crippen LogP) is 2.75. The molecule has 7 nitrogen and oxygen atoms in total. The molecular weight excluding hydrogens is 325 g/mol. The summed E-state index contributed by atoms with van der Waals surface area (Å²) in [6.45, 7) is 1.64. The van der Waals surface area contributed by atoms with Crippen molar-refractivity contribution >= 4 is 17.0 Å². The number of fused-ring (bicyclic) bond motifs is 1. The number of para-hydroxylation sites is 1. The highest BCUT2D eigenvalue weighted by atomic mass is 19.1. The summed E-state index contributed by atoms with van der Waals surface area (Å²) in [6.07, 6.45) is 0. The monoisotopic (exact) mass is 337 g/mol. The van der Waals surface area contributed by atoms with Crippen LogP contribution >= 0.6 is 0 Å². The van der Waals surface area contributed by atoms with Crippen molar-refractivity contribution in [3.63, 3.8) is 0 Å². The second-order valence-electron chi connectivity index (χ2n) is 5.47. The van der Waals surface area contributed by atoms with Gasteiger partial charge >= 0.3 is 5.97 Å². The second-order valence-corrected chi connectivity index (χ2v) is 5.47. The van der Waals surface area contributed by atoms with E-state index >= 15 is 0 Å². The molecule has 2 heterocycles. The number of nitrogens with zero attached hydrogens (tertiary/aromatic N) is 5. The maximum atomic E-state index is 13.2. The summed E-state index contributed by atoms with van der Waals surface area (Å²) >= 11 is 0. The van der Waals surface area contributed by atoms with E-state index in [0.29, 0.717) is 22.4 Å². The second kappa shape index (κ2) is 5.52. The lowest BCUT2D eigenvalue weighted by atomic mass is 10.2. The molecule has 4 rings (SSSR count). The van der Waals surface area contributed by atoms with Gasteiger partial charge in [0.1, 0.15) is 16.9 Å². The van der Waals surface area contributed by atoms with Crippen LogP contribution in [0.1, 0.15) is 16.1 Å². The van der Waals surface area contributed by atoms with Gasteiger partial charge in [0.05, 0.1) is 16.9 Å².